The van der Waals surface area contributed by atoms with Gasteiger partial charge in [-0.05, 0) is 18.1 Å². The van der Waals surface area contributed by atoms with Gasteiger partial charge in [0.25, 0.3) is 0 Å². The number of carbonyl (C=O) groups excluding carboxylic acids is 1. The van der Waals surface area contributed by atoms with E-state index in [0.717, 1.165) is 38.5 Å². The Bertz CT molecular complexity index is 785. The topological polar surface area (TPSA) is 73.4 Å². The Hall–Kier alpha value is -2.67. The number of fused-ring (bicyclic) bond motifs is 1. The van der Waals surface area contributed by atoms with Crippen LogP contribution in [-0.4, -0.2) is 53.5 Å². The van der Waals surface area contributed by atoms with Gasteiger partial charge < -0.3 is 15.5 Å². The molecule has 130 valence electrons. The summed E-state index contributed by atoms with van der Waals surface area (Å²) >= 11 is 0. The number of anilines is 3. The molecule has 3 heterocycles. The van der Waals surface area contributed by atoms with Crippen LogP contribution in [0.4, 0.5) is 17.3 Å². The number of amides is 1. The molecule has 2 aliphatic rings. The number of aromatic nitrogens is 2. The number of hydrogen-bond acceptors (Lipinski definition) is 6. The molecule has 4 rings (SSSR count). The molecular formula is C18H22N6O. The quantitative estimate of drug-likeness (QED) is 0.883. The molecular weight excluding hydrogens is 316 g/mol. The number of piperazine rings is 1. The second-order valence-corrected chi connectivity index (χ2v) is 6.51. The van der Waals surface area contributed by atoms with Crippen molar-refractivity contribution in [2.45, 2.75) is 13.5 Å². The molecule has 0 radical (unpaired) electrons. The first-order valence-electron chi connectivity index (χ1n) is 8.61. The maximum Gasteiger partial charge on any atom is 0.243 e. The smallest absolute Gasteiger partial charge is 0.243 e. The highest BCUT2D eigenvalue weighted by Gasteiger charge is 2.25. The number of rotatable bonds is 3. The Morgan fingerprint density at radius 1 is 1.12 bits per heavy atom. The second kappa shape index (κ2) is 6.68. The molecule has 0 spiro atoms. The summed E-state index contributed by atoms with van der Waals surface area (Å²) in [6.07, 6.45) is 1.55. The average molecular weight is 338 g/mol. The van der Waals surface area contributed by atoms with Crippen molar-refractivity contribution in [3.8, 4) is 0 Å². The van der Waals surface area contributed by atoms with Gasteiger partial charge in [0.2, 0.25) is 5.91 Å². The number of aryl methyl sites for hydroxylation is 1. The van der Waals surface area contributed by atoms with E-state index in [1.807, 2.05) is 0 Å². The van der Waals surface area contributed by atoms with Crippen LogP contribution < -0.4 is 15.5 Å². The summed E-state index contributed by atoms with van der Waals surface area (Å²) in [7, 11) is 0. The summed E-state index contributed by atoms with van der Waals surface area (Å²) in [5, 5.41) is 5.94. The summed E-state index contributed by atoms with van der Waals surface area (Å²) in [6.45, 7) is 7.09. The molecule has 2 aromatic rings. The Balaban J connectivity index is 1.44. The molecule has 1 fully saturated rings. The third kappa shape index (κ3) is 3.28. The lowest BCUT2D eigenvalue weighted by Crippen LogP contribution is -2.46. The minimum Gasteiger partial charge on any atom is -0.359 e. The molecule has 7 heteroatoms. The Labute approximate surface area is 147 Å². The van der Waals surface area contributed by atoms with Crippen LogP contribution in [0.3, 0.4) is 0 Å². The van der Waals surface area contributed by atoms with E-state index in [1.54, 1.807) is 6.33 Å². The molecule has 2 N–H and O–H groups in total. The molecule has 2 aliphatic heterocycles. The van der Waals surface area contributed by atoms with E-state index in [0.29, 0.717) is 11.5 Å². The van der Waals surface area contributed by atoms with Crippen molar-refractivity contribution < 1.29 is 4.79 Å². The van der Waals surface area contributed by atoms with Crippen molar-refractivity contribution >= 4 is 23.2 Å². The number of nitrogens with one attached hydrogen (secondary N) is 2. The van der Waals surface area contributed by atoms with Gasteiger partial charge in [-0.15, -0.1) is 0 Å². The van der Waals surface area contributed by atoms with Crippen molar-refractivity contribution in [2.75, 3.05) is 48.3 Å². The molecule has 0 unspecified atom stereocenters. The fourth-order valence-corrected chi connectivity index (χ4v) is 3.36. The molecule has 0 atom stereocenters. The predicted octanol–water partition coefficient (Wildman–Crippen LogP) is 1.47. The number of nitrogens with zero attached hydrogens (tertiary/aromatic N) is 4. The van der Waals surface area contributed by atoms with Gasteiger partial charge in [0.1, 0.15) is 12.0 Å². The van der Waals surface area contributed by atoms with Gasteiger partial charge in [-0.1, -0.05) is 24.3 Å². The summed E-state index contributed by atoms with van der Waals surface area (Å²) in [5.74, 6) is 1.45. The number of benzene rings is 1. The summed E-state index contributed by atoms with van der Waals surface area (Å²) in [4.78, 5) is 25.0. The average Bonchev–Trinajstić information content (AvgIpc) is 2.64. The van der Waals surface area contributed by atoms with Gasteiger partial charge in [-0.3, -0.25) is 9.69 Å². The van der Waals surface area contributed by atoms with Crippen molar-refractivity contribution in [3.05, 3.63) is 41.7 Å². The van der Waals surface area contributed by atoms with Crippen LogP contribution in [0.15, 0.2) is 30.6 Å². The van der Waals surface area contributed by atoms with E-state index in [-0.39, 0.29) is 12.5 Å². The SMILES string of the molecule is Cc1ccccc1CN1CCN(c2ncnc3c2NC(=O)CN3)CC1. The van der Waals surface area contributed by atoms with E-state index in [1.165, 1.54) is 11.1 Å². The fourth-order valence-electron chi connectivity index (χ4n) is 3.36. The van der Waals surface area contributed by atoms with Crippen molar-refractivity contribution in [1.29, 1.82) is 0 Å². The lowest BCUT2D eigenvalue weighted by molar-refractivity contribution is -0.114. The standard InChI is InChI=1S/C18H22N6O/c1-13-4-2-3-5-14(13)11-23-6-8-24(9-7-23)18-16-17(20-12-21-18)19-10-15(25)22-16/h2-5,12H,6-11H2,1H3,(H,22,25)(H,19,20,21). The molecule has 1 aromatic heterocycles. The van der Waals surface area contributed by atoms with E-state index < -0.39 is 0 Å². The highest BCUT2D eigenvalue weighted by molar-refractivity contribution is 6.02. The number of carbonyl (C=O) groups is 1. The largest absolute Gasteiger partial charge is 0.359 e. The molecule has 1 aromatic carbocycles. The highest BCUT2D eigenvalue weighted by Crippen LogP contribution is 2.32. The zero-order valence-electron chi connectivity index (χ0n) is 14.3. The third-order valence-corrected chi connectivity index (χ3v) is 4.84. The normalized spacial score (nSPS) is 17.6. The molecule has 0 bridgehead atoms. The van der Waals surface area contributed by atoms with Crippen LogP contribution in [0.25, 0.3) is 0 Å². The van der Waals surface area contributed by atoms with Crippen LogP contribution in [0.2, 0.25) is 0 Å². The predicted molar refractivity (Wildman–Crippen MR) is 97.8 cm³/mol. The van der Waals surface area contributed by atoms with Crippen molar-refractivity contribution in [2.24, 2.45) is 0 Å². The number of hydrogen-bond donors (Lipinski definition) is 2. The van der Waals surface area contributed by atoms with Crippen LogP contribution >= 0.6 is 0 Å². The van der Waals surface area contributed by atoms with Gasteiger partial charge in [-0.2, -0.15) is 0 Å². The summed E-state index contributed by atoms with van der Waals surface area (Å²) in [5.41, 5.74) is 3.42. The van der Waals surface area contributed by atoms with Gasteiger partial charge in [0.05, 0.1) is 6.54 Å². The molecule has 1 amide bonds. The van der Waals surface area contributed by atoms with Crippen molar-refractivity contribution in [3.63, 3.8) is 0 Å². The molecule has 25 heavy (non-hydrogen) atoms. The molecule has 0 aliphatic carbocycles. The van der Waals surface area contributed by atoms with Gasteiger partial charge in [-0.25, -0.2) is 9.97 Å². The lowest BCUT2D eigenvalue weighted by atomic mass is 10.1. The summed E-state index contributed by atoms with van der Waals surface area (Å²) < 4.78 is 0. The van der Waals surface area contributed by atoms with E-state index in [4.69, 9.17) is 0 Å². The van der Waals surface area contributed by atoms with Crippen LogP contribution in [0.1, 0.15) is 11.1 Å². The zero-order valence-corrected chi connectivity index (χ0v) is 14.3. The van der Waals surface area contributed by atoms with Crippen LogP contribution in [-0.2, 0) is 11.3 Å². The monoisotopic (exact) mass is 338 g/mol. The minimum atomic E-state index is -0.0539. The molecule has 0 saturated carbocycles. The molecule has 7 nitrogen and oxygen atoms in total. The first kappa shape index (κ1) is 15.8. The Kier molecular flexibility index (Phi) is 4.23. The first-order chi connectivity index (χ1) is 12.2. The van der Waals surface area contributed by atoms with Crippen molar-refractivity contribution in [1.82, 2.24) is 14.9 Å². The van der Waals surface area contributed by atoms with E-state index >= 15 is 0 Å². The summed E-state index contributed by atoms with van der Waals surface area (Å²) in [6, 6.07) is 8.54. The maximum atomic E-state index is 11.7. The fraction of sp³-hybridized carbons (Fsp3) is 0.389. The minimum absolute atomic E-state index is 0.0539. The third-order valence-electron chi connectivity index (χ3n) is 4.84. The van der Waals surface area contributed by atoms with Gasteiger partial charge >= 0.3 is 0 Å². The Morgan fingerprint density at radius 3 is 2.72 bits per heavy atom. The van der Waals surface area contributed by atoms with Crippen LogP contribution in [0.5, 0.6) is 0 Å². The second-order valence-electron chi connectivity index (χ2n) is 6.51. The lowest BCUT2D eigenvalue weighted by Gasteiger charge is -2.36. The molecule has 1 saturated heterocycles. The van der Waals surface area contributed by atoms with Crippen LogP contribution in [0, 0.1) is 6.92 Å². The maximum absolute atomic E-state index is 11.7. The zero-order chi connectivity index (χ0) is 17.2. The van der Waals surface area contributed by atoms with Gasteiger partial charge in [0.15, 0.2) is 11.6 Å². The van der Waals surface area contributed by atoms with E-state index in [9.17, 15) is 4.79 Å². The highest BCUT2D eigenvalue weighted by atomic mass is 16.2. The van der Waals surface area contributed by atoms with Gasteiger partial charge in [0, 0.05) is 32.7 Å². The van der Waals surface area contributed by atoms with E-state index in [2.05, 4.69) is 61.6 Å². The Morgan fingerprint density at radius 2 is 1.92 bits per heavy atom. The first-order valence-corrected chi connectivity index (χ1v) is 8.61.